The van der Waals surface area contributed by atoms with Gasteiger partial charge in [0.1, 0.15) is 11.4 Å². The second kappa shape index (κ2) is 6.81. The first kappa shape index (κ1) is 17.8. The highest BCUT2D eigenvalue weighted by molar-refractivity contribution is 6.30. The van der Waals surface area contributed by atoms with Crippen LogP contribution in [0.25, 0.3) is 0 Å². The molecule has 0 saturated carbocycles. The summed E-state index contributed by atoms with van der Waals surface area (Å²) in [5.74, 6) is 1.26. The Morgan fingerprint density at radius 3 is 1.74 bits per heavy atom. The van der Waals surface area contributed by atoms with E-state index in [4.69, 9.17) is 19.8 Å². The summed E-state index contributed by atoms with van der Waals surface area (Å²) in [6.07, 6.45) is 3.21. The van der Waals surface area contributed by atoms with Crippen LogP contribution in [0.3, 0.4) is 0 Å². The van der Waals surface area contributed by atoms with Gasteiger partial charge in [-0.2, -0.15) is 0 Å². The van der Waals surface area contributed by atoms with Crippen molar-refractivity contribution in [1.82, 2.24) is 9.97 Å². The van der Waals surface area contributed by atoms with Crippen molar-refractivity contribution in [3.8, 4) is 5.75 Å². The van der Waals surface area contributed by atoms with Crippen molar-refractivity contribution in [1.29, 1.82) is 0 Å². The van der Waals surface area contributed by atoms with Crippen LogP contribution in [-0.4, -0.2) is 48.7 Å². The van der Waals surface area contributed by atoms with E-state index in [1.807, 2.05) is 20.8 Å². The predicted octanol–water partition coefficient (Wildman–Crippen LogP) is -0.338. The summed E-state index contributed by atoms with van der Waals surface area (Å²) in [5, 5.41) is 31.4. The van der Waals surface area contributed by atoms with Gasteiger partial charge in [-0.3, -0.25) is 0 Å². The Kier molecular flexibility index (Phi) is 6.37. The lowest BCUT2D eigenvalue weighted by atomic mass is 9.89. The second-order valence-electron chi connectivity index (χ2n) is 4.98. The van der Waals surface area contributed by atoms with Crippen molar-refractivity contribution in [2.75, 3.05) is 0 Å². The maximum absolute atomic E-state index is 9.90. The molecule has 0 fully saturated rings. The minimum absolute atomic E-state index is 0.563. The molecule has 19 heavy (non-hydrogen) atoms. The van der Waals surface area contributed by atoms with Crippen LogP contribution in [0.15, 0.2) is 12.4 Å². The maximum Gasteiger partial charge on any atom is 0.631 e. The molecule has 1 heterocycles. The van der Waals surface area contributed by atoms with Crippen molar-refractivity contribution < 1.29 is 24.9 Å². The van der Waals surface area contributed by atoms with E-state index in [1.165, 1.54) is 0 Å². The van der Waals surface area contributed by atoms with Gasteiger partial charge in [0.15, 0.2) is 5.75 Å². The predicted molar refractivity (Wildman–Crippen MR) is 70.2 cm³/mol. The second-order valence-corrected chi connectivity index (χ2v) is 4.98. The Morgan fingerprint density at radius 2 is 1.42 bits per heavy atom. The van der Waals surface area contributed by atoms with Crippen LogP contribution >= 0.6 is 0 Å². The molecule has 4 N–H and O–H groups in total. The average molecular weight is 272 g/mol. The molecule has 1 aromatic heterocycles. The van der Waals surface area contributed by atoms with E-state index in [-0.39, 0.29) is 0 Å². The summed E-state index contributed by atoms with van der Waals surface area (Å²) in [5.41, 5.74) is -1.62. The highest BCUT2D eigenvalue weighted by Gasteiger charge is 2.37. The topological polar surface area (TPSA) is 116 Å². The molecule has 0 aliphatic rings. The molecular formula is C11H21BN2O5. The molecule has 0 saturated heterocycles. The summed E-state index contributed by atoms with van der Waals surface area (Å²) < 4.78 is 5.65. The molecule has 0 bridgehead atoms. The minimum atomic E-state index is -2.17. The molecule has 0 aliphatic heterocycles. The van der Waals surface area contributed by atoms with Crippen LogP contribution < -0.4 is 4.74 Å². The smallest absolute Gasteiger partial charge is 0.482 e. The van der Waals surface area contributed by atoms with Crippen molar-refractivity contribution in [2.45, 2.75) is 45.8 Å². The van der Waals surface area contributed by atoms with Gasteiger partial charge in [-0.05, 0) is 34.6 Å². The van der Waals surface area contributed by atoms with Crippen LogP contribution in [0.5, 0.6) is 5.75 Å². The maximum atomic E-state index is 9.90. The van der Waals surface area contributed by atoms with Gasteiger partial charge < -0.3 is 24.9 Å². The van der Waals surface area contributed by atoms with Gasteiger partial charge in [-0.15, -0.1) is 0 Å². The van der Waals surface area contributed by atoms with E-state index < -0.39 is 18.5 Å². The first-order valence-corrected chi connectivity index (χ1v) is 5.70. The standard InChI is InChI=1S/C11H18N2O2.BH3O3/c1-8-12-6-9(7-13-8)15-11(4,5)10(2,3)14;2-1(3)4/h6-7,14H,1-5H3;2-4H. The van der Waals surface area contributed by atoms with Crippen LogP contribution in [-0.2, 0) is 0 Å². The molecule has 7 nitrogen and oxygen atoms in total. The number of rotatable bonds is 3. The molecule has 108 valence electrons. The fraction of sp³-hybridized carbons (Fsp3) is 0.636. The zero-order chi connectivity index (χ0) is 15.3. The number of aryl methyl sites for hydroxylation is 1. The van der Waals surface area contributed by atoms with E-state index in [0.29, 0.717) is 11.6 Å². The molecule has 0 atom stereocenters. The van der Waals surface area contributed by atoms with Gasteiger partial charge in [-0.1, -0.05) is 0 Å². The first-order chi connectivity index (χ1) is 8.45. The number of nitrogens with zero attached hydrogens (tertiary/aromatic N) is 2. The largest absolute Gasteiger partial charge is 0.631 e. The van der Waals surface area contributed by atoms with Gasteiger partial charge in [-0.25, -0.2) is 9.97 Å². The zero-order valence-corrected chi connectivity index (χ0v) is 11.8. The Morgan fingerprint density at radius 1 is 1.05 bits per heavy atom. The van der Waals surface area contributed by atoms with E-state index >= 15 is 0 Å². The van der Waals surface area contributed by atoms with Crippen LogP contribution in [0.2, 0.25) is 0 Å². The lowest BCUT2D eigenvalue weighted by molar-refractivity contribution is -0.0909. The van der Waals surface area contributed by atoms with Crippen molar-refractivity contribution in [2.24, 2.45) is 0 Å². The van der Waals surface area contributed by atoms with Gasteiger partial charge in [0.05, 0.1) is 18.0 Å². The van der Waals surface area contributed by atoms with Gasteiger partial charge in [0, 0.05) is 0 Å². The van der Waals surface area contributed by atoms with Crippen molar-refractivity contribution in [3.63, 3.8) is 0 Å². The number of aromatic nitrogens is 2. The number of hydrogen-bond donors (Lipinski definition) is 4. The van der Waals surface area contributed by atoms with Crippen LogP contribution in [0.1, 0.15) is 33.5 Å². The summed E-state index contributed by atoms with van der Waals surface area (Å²) in [6.45, 7) is 8.88. The Hall–Kier alpha value is -1.22. The Bertz CT molecular complexity index is 373. The van der Waals surface area contributed by atoms with E-state index in [0.717, 1.165) is 0 Å². The minimum Gasteiger partial charge on any atom is -0.482 e. The van der Waals surface area contributed by atoms with Gasteiger partial charge >= 0.3 is 7.32 Å². The lowest BCUT2D eigenvalue weighted by Gasteiger charge is -2.37. The molecule has 0 unspecified atom stereocenters. The Labute approximate surface area is 113 Å². The highest BCUT2D eigenvalue weighted by Crippen LogP contribution is 2.26. The third-order valence-electron chi connectivity index (χ3n) is 2.60. The molecule has 1 rings (SSSR count). The molecule has 0 spiro atoms. The third-order valence-corrected chi connectivity index (χ3v) is 2.60. The first-order valence-electron chi connectivity index (χ1n) is 5.70. The number of hydrogen-bond acceptors (Lipinski definition) is 7. The molecule has 0 radical (unpaired) electrons. The highest BCUT2D eigenvalue weighted by atomic mass is 16.5. The Balaban J connectivity index is 0.000000711. The SMILES string of the molecule is Cc1ncc(OC(C)(C)C(C)(C)O)cn1.OB(O)O. The van der Waals surface area contributed by atoms with E-state index in [1.54, 1.807) is 26.2 Å². The average Bonchev–Trinajstić information content (AvgIpc) is 2.18. The summed E-state index contributed by atoms with van der Waals surface area (Å²) in [7, 11) is -2.17. The summed E-state index contributed by atoms with van der Waals surface area (Å²) in [6, 6.07) is 0. The number of ether oxygens (including phenoxy) is 1. The molecule has 1 aromatic rings. The van der Waals surface area contributed by atoms with Crippen LogP contribution in [0, 0.1) is 6.92 Å². The monoisotopic (exact) mass is 272 g/mol. The zero-order valence-electron chi connectivity index (χ0n) is 11.8. The summed E-state index contributed by atoms with van der Waals surface area (Å²) in [4.78, 5) is 8.06. The molecule has 0 aromatic carbocycles. The quantitative estimate of drug-likeness (QED) is 0.556. The number of aliphatic hydroxyl groups is 1. The lowest BCUT2D eigenvalue weighted by Crippen LogP contribution is -2.49. The molecule has 0 aliphatic carbocycles. The summed E-state index contributed by atoms with van der Waals surface area (Å²) >= 11 is 0. The van der Waals surface area contributed by atoms with Crippen molar-refractivity contribution >= 4 is 7.32 Å². The van der Waals surface area contributed by atoms with Gasteiger partial charge in [0.25, 0.3) is 0 Å². The molecule has 0 amide bonds. The molecule has 8 heteroatoms. The van der Waals surface area contributed by atoms with E-state index in [9.17, 15) is 5.11 Å². The van der Waals surface area contributed by atoms with Gasteiger partial charge in [0.2, 0.25) is 0 Å². The third kappa shape index (κ3) is 7.07. The van der Waals surface area contributed by atoms with Crippen molar-refractivity contribution in [3.05, 3.63) is 18.2 Å². The molecular weight excluding hydrogens is 251 g/mol. The van der Waals surface area contributed by atoms with E-state index in [2.05, 4.69) is 9.97 Å². The fourth-order valence-corrected chi connectivity index (χ4v) is 0.853. The fourth-order valence-electron chi connectivity index (χ4n) is 0.853. The van der Waals surface area contributed by atoms with Crippen LogP contribution in [0.4, 0.5) is 0 Å². The normalized spacial score (nSPS) is 11.4.